The van der Waals surface area contributed by atoms with Crippen LogP contribution in [0.5, 0.6) is 0 Å². The van der Waals surface area contributed by atoms with Gasteiger partial charge in [0.05, 0.1) is 0 Å². The number of aryl methyl sites for hydroxylation is 2. The Hall–Kier alpha value is -1.66. The van der Waals surface area contributed by atoms with Crippen LogP contribution in [0.15, 0.2) is 84.9 Å². The summed E-state index contributed by atoms with van der Waals surface area (Å²) in [5.41, 5.74) is 12.2. The van der Waals surface area contributed by atoms with Crippen molar-refractivity contribution in [2.45, 2.75) is 65.2 Å². The molecule has 0 nitrogen and oxygen atoms in total. The molecule has 0 saturated heterocycles. The summed E-state index contributed by atoms with van der Waals surface area (Å²) in [4.78, 5) is 0. The molecule has 5 aliphatic carbocycles. The van der Waals surface area contributed by atoms with Crippen molar-refractivity contribution in [1.29, 1.82) is 0 Å². The van der Waals surface area contributed by atoms with Gasteiger partial charge in [-0.3, -0.25) is 0 Å². The molecule has 4 aromatic rings. The third-order valence-electron chi connectivity index (χ3n) is 9.67. The van der Waals surface area contributed by atoms with Gasteiger partial charge in [0.2, 0.25) is 0 Å². The molecule has 0 radical (unpaired) electrons. The summed E-state index contributed by atoms with van der Waals surface area (Å²) in [6, 6.07) is 33.3. The minimum atomic E-state index is 0. The Morgan fingerprint density at radius 2 is 1.44 bits per heavy atom. The molecule has 0 spiro atoms. The minimum Gasteiger partial charge on any atom is -0.179 e. The standard InChI is InChI=1S/C18H25.C13H9.C7H6.2ClH.Zr/c1-12-3-13(2)17(4-12)11-18-8-14-5-15(9-18)7-16(6-14)10-18;1-3-7-12-10(5-1)9-11-6-2-4-8-13(11)12;1-7-5-3-2-4-6-7;;;/h3-4,14-16H,5-11H2,1-2H3;1-5,7-8H,9H2;1-6H;2*1H;/q2*-1;;;;+2/p-2. The van der Waals surface area contributed by atoms with Gasteiger partial charge >= 0.3 is 63.8 Å². The van der Waals surface area contributed by atoms with Gasteiger partial charge in [-0.2, -0.15) is 52.6 Å². The van der Waals surface area contributed by atoms with E-state index in [2.05, 4.69) is 96.4 Å². The fraction of sp³-hybridized carbons (Fsp3) is 0.368. The monoisotopic (exact) mass is 656 g/mol. The molecule has 4 bridgehead atoms. The first-order chi connectivity index (χ1) is 19.0. The zero-order chi connectivity index (χ0) is 26.8. The molecular formula is C38H40Cl2Zr-2. The van der Waals surface area contributed by atoms with Crippen LogP contribution in [-0.4, -0.2) is 3.71 Å². The van der Waals surface area contributed by atoms with Gasteiger partial charge in [0.15, 0.2) is 0 Å². The topological polar surface area (TPSA) is 0 Å². The Kier molecular flexibility index (Phi) is 11.2. The van der Waals surface area contributed by atoms with E-state index in [1.54, 1.807) is 49.7 Å². The fourth-order valence-corrected chi connectivity index (χ4v) is 8.99. The quantitative estimate of drug-likeness (QED) is 0.262. The molecular weight excluding hydrogens is 619 g/mol. The average Bonchev–Trinajstić information content (AvgIpc) is 3.47. The van der Waals surface area contributed by atoms with Gasteiger partial charge in [0.25, 0.3) is 0 Å². The van der Waals surface area contributed by atoms with Crippen molar-refractivity contribution in [3.8, 4) is 11.1 Å². The van der Waals surface area contributed by atoms with Gasteiger partial charge in [0, 0.05) is 0 Å². The molecule has 4 fully saturated rings. The van der Waals surface area contributed by atoms with Crippen molar-refractivity contribution < 1.29 is 49.0 Å². The van der Waals surface area contributed by atoms with Crippen LogP contribution in [-0.2, 0) is 37.1 Å². The maximum atomic E-state index is 3.30. The van der Waals surface area contributed by atoms with Gasteiger partial charge in [-0.1, -0.05) is 55.7 Å². The Morgan fingerprint density at radius 3 is 2.02 bits per heavy atom. The van der Waals surface area contributed by atoms with E-state index >= 15 is 0 Å². The second-order valence-corrected chi connectivity index (χ2v) is 13.5. The molecule has 5 aliphatic rings. The third-order valence-corrected chi connectivity index (χ3v) is 10.5. The Bertz CT molecular complexity index is 1350. The number of hydrogen-bond acceptors (Lipinski definition) is 0. The van der Waals surface area contributed by atoms with Crippen molar-refractivity contribution in [3.63, 3.8) is 0 Å². The molecule has 4 saturated carbocycles. The van der Waals surface area contributed by atoms with Crippen molar-refractivity contribution in [2.75, 3.05) is 0 Å². The van der Waals surface area contributed by atoms with Crippen LogP contribution in [0.25, 0.3) is 11.1 Å². The first kappa shape index (κ1) is 32.3. The van der Waals surface area contributed by atoms with Gasteiger partial charge in [-0.25, -0.2) is 6.07 Å². The number of benzene rings is 3. The molecule has 0 aliphatic heterocycles. The van der Waals surface area contributed by atoms with Gasteiger partial charge < -0.3 is 24.8 Å². The first-order valence-corrected chi connectivity index (χ1v) is 16.3. The van der Waals surface area contributed by atoms with E-state index in [0.717, 1.165) is 24.2 Å². The van der Waals surface area contributed by atoms with Crippen LogP contribution >= 0.6 is 0 Å². The fourth-order valence-electron chi connectivity index (χ4n) is 8.51. The molecule has 3 heteroatoms. The van der Waals surface area contributed by atoms with Crippen LogP contribution in [0, 0.1) is 43.1 Å². The zero-order valence-corrected chi connectivity index (χ0v) is 28.3. The maximum Gasteiger partial charge on any atom is -0.0253 e. The molecule has 0 heterocycles. The second kappa shape index (κ2) is 14.2. The Balaban J connectivity index is 0.000000149. The van der Waals surface area contributed by atoms with E-state index in [-0.39, 0.29) is 24.8 Å². The molecule has 4 aromatic carbocycles. The first-order valence-electron chi connectivity index (χ1n) is 14.9. The molecule has 0 amide bonds. The third kappa shape index (κ3) is 7.47. The SMILES string of the molecule is Cc1cc(CC23CC4CC(CC(C4)C2)C3)c(C)[cH-]1.[Cl-].[Cl-].[Zr+2]=[CH]c1ccccc1.[c-]1cccc2c1Cc1ccccc1-2. The van der Waals surface area contributed by atoms with Crippen LogP contribution in [0.1, 0.15) is 71.9 Å². The molecule has 41 heavy (non-hydrogen) atoms. The summed E-state index contributed by atoms with van der Waals surface area (Å²) in [5, 5.41) is 0. The van der Waals surface area contributed by atoms with Crippen LogP contribution in [0.3, 0.4) is 0 Å². The van der Waals surface area contributed by atoms with Crippen molar-refractivity contribution in [2.24, 2.45) is 23.2 Å². The van der Waals surface area contributed by atoms with E-state index in [9.17, 15) is 0 Å². The van der Waals surface area contributed by atoms with E-state index in [1.165, 1.54) is 64.0 Å². The van der Waals surface area contributed by atoms with Crippen molar-refractivity contribution in [3.05, 3.63) is 124 Å². The van der Waals surface area contributed by atoms with E-state index in [1.807, 2.05) is 12.1 Å². The van der Waals surface area contributed by atoms with Gasteiger partial charge in [0.1, 0.15) is 0 Å². The summed E-state index contributed by atoms with van der Waals surface area (Å²) in [6.45, 7) is 4.55. The molecule has 0 aromatic heterocycles. The van der Waals surface area contributed by atoms with E-state index < -0.39 is 0 Å². The van der Waals surface area contributed by atoms with Crippen LogP contribution in [0.2, 0.25) is 0 Å². The van der Waals surface area contributed by atoms with Gasteiger partial charge in [-0.05, 0) is 68.1 Å². The zero-order valence-electron chi connectivity index (χ0n) is 24.3. The number of fused-ring (bicyclic) bond motifs is 3. The summed E-state index contributed by atoms with van der Waals surface area (Å²) < 4.78 is 2.17. The average molecular weight is 659 g/mol. The molecule has 9 rings (SSSR count). The number of rotatable bonds is 3. The Morgan fingerprint density at radius 1 is 0.829 bits per heavy atom. The second-order valence-electron chi connectivity index (χ2n) is 12.8. The van der Waals surface area contributed by atoms with E-state index in [0.29, 0.717) is 5.41 Å². The summed E-state index contributed by atoms with van der Waals surface area (Å²) in [6.07, 6.45) is 11.8. The molecule has 0 unspecified atom stereocenters. The minimum absolute atomic E-state index is 0. The van der Waals surface area contributed by atoms with Gasteiger partial charge in [-0.15, -0.1) is 5.56 Å². The normalized spacial score (nSPS) is 23.9. The predicted molar refractivity (Wildman–Crippen MR) is 161 cm³/mol. The molecule has 0 N–H and O–H groups in total. The largest absolute Gasteiger partial charge is 0.179 e. The number of halogens is 2. The smallest absolute Gasteiger partial charge is 0.0253 e. The van der Waals surface area contributed by atoms with E-state index in [4.69, 9.17) is 0 Å². The maximum absolute atomic E-state index is 3.30. The van der Waals surface area contributed by atoms with Crippen molar-refractivity contribution >= 4 is 3.71 Å². The van der Waals surface area contributed by atoms with Crippen LogP contribution in [0.4, 0.5) is 0 Å². The Labute approximate surface area is 274 Å². The summed E-state index contributed by atoms with van der Waals surface area (Å²) in [7, 11) is 0. The molecule has 0 atom stereocenters. The summed E-state index contributed by atoms with van der Waals surface area (Å²) in [5.74, 6) is 3.27. The molecule has 212 valence electrons. The predicted octanol–water partition coefficient (Wildman–Crippen LogP) is 3.23. The van der Waals surface area contributed by atoms with Crippen LogP contribution < -0.4 is 24.8 Å². The number of hydrogen-bond donors (Lipinski definition) is 0. The van der Waals surface area contributed by atoms with Crippen molar-refractivity contribution in [1.82, 2.24) is 0 Å². The summed E-state index contributed by atoms with van der Waals surface area (Å²) >= 11 is 1.46.